The number of ether oxygens (including phenoxy) is 1. The van der Waals surface area contributed by atoms with Crippen LogP contribution < -0.4 is 10.1 Å². The van der Waals surface area contributed by atoms with E-state index in [0.29, 0.717) is 11.4 Å². The summed E-state index contributed by atoms with van der Waals surface area (Å²) < 4.78 is 5.51. The summed E-state index contributed by atoms with van der Waals surface area (Å²) in [7, 11) is 0. The minimum absolute atomic E-state index is 0.122. The molecule has 0 fully saturated rings. The molecule has 0 spiro atoms. The summed E-state index contributed by atoms with van der Waals surface area (Å²) in [5.41, 5.74) is 1.43. The van der Waals surface area contributed by atoms with Crippen LogP contribution in [-0.2, 0) is 11.4 Å². The number of nitrogens with one attached hydrogen (secondary N) is 1. The zero-order valence-electron chi connectivity index (χ0n) is 11.7. The lowest BCUT2D eigenvalue weighted by Gasteiger charge is -2.08. The molecule has 2 aromatic rings. The van der Waals surface area contributed by atoms with Gasteiger partial charge in [-0.2, -0.15) is 0 Å². The third-order valence-corrected chi connectivity index (χ3v) is 2.96. The van der Waals surface area contributed by atoms with E-state index in [-0.39, 0.29) is 23.2 Å². The lowest BCUT2D eigenvalue weighted by Crippen LogP contribution is -2.05. The number of halogens is 1. The molecule has 7 heteroatoms. The van der Waals surface area contributed by atoms with E-state index >= 15 is 0 Å². The number of hydrogen-bond donors (Lipinski definition) is 1. The molecule has 0 atom stereocenters. The lowest BCUT2D eigenvalue weighted by atomic mass is 10.2. The van der Waals surface area contributed by atoms with Crippen LogP contribution in [-0.4, -0.2) is 10.8 Å². The van der Waals surface area contributed by atoms with Crippen LogP contribution in [0.5, 0.6) is 5.75 Å². The molecule has 2 aromatic carbocycles. The summed E-state index contributed by atoms with van der Waals surface area (Å²) in [5.74, 6) is 0.181. The molecular weight excluding hydrogens is 308 g/mol. The van der Waals surface area contributed by atoms with Gasteiger partial charge in [-0.3, -0.25) is 14.9 Å². The zero-order valence-corrected chi connectivity index (χ0v) is 12.5. The van der Waals surface area contributed by atoms with Gasteiger partial charge in [0.1, 0.15) is 12.4 Å². The molecule has 2 rings (SSSR count). The van der Waals surface area contributed by atoms with E-state index in [1.54, 1.807) is 24.3 Å². The van der Waals surface area contributed by atoms with Crippen molar-refractivity contribution in [2.75, 3.05) is 5.32 Å². The van der Waals surface area contributed by atoms with Gasteiger partial charge < -0.3 is 10.1 Å². The van der Waals surface area contributed by atoms with Crippen LogP contribution in [0.15, 0.2) is 42.5 Å². The predicted molar refractivity (Wildman–Crippen MR) is 83.2 cm³/mol. The predicted octanol–water partition coefficient (Wildman–Crippen LogP) is 3.79. The lowest BCUT2D eigenvalue weighted by molar-refractivity contribution is -0.384. The SMILES string of the molecule is CC(=O)Nc1ccc(COc2cc(Cl)cc([N+](=O)[O-])c2)cc1. The van der Waals surface area contributed by atoms with E-state index in [1.807, 2.05) is 0 Å². The summed E-state index contributed by atoms with van der Waals surface area (Å²) in [6, 6.07) is 11.2. The first-order valence-corrected chi connectivity index (χ1v) is 6.76. The highest BCUT2D eigenvalue weighted by Crippen LogP contribution is 2.26. The van der Waals surface area contributed by atoms with Crippen molar-refractivity contribution in [2.45, 2.75) is 13.5 Å². The highest BCUT2D eigenvalue weighted by molar-refractivity contribution is 6.30. The maximum atomic E-state index is 10.9. The van der Waals surface area contributed by atoms with Gasteiger partial charge in [0.05, 0.1) is 16.0 Å². The Morgan fingerprint density at radius 2 is 1.95 bits per heavy atom. The number of rotatable bonds is 5. The maximum Gasteiger partial charge on any atom is 0.274 e. The molecule has 6 nitrogen and oxygen atoms in total. The second-order valence-corrected chi connectivity index (χ2v) is 5.01. The van der Waals surface area contributed by atoms with Gasteiger partial charge in [-0.25, -0.2) is 0 Å². The van der Waals surface area contributed by atoms with Crippen LogP contribution in [0.2, 0.25) is 5.02 Å². The molecule has 0 saturated heterocycles. The van der Waals surface area contributed by atoms with Gasteiger partial charge in [-0.05, 0) is 23.8 Å². The second-order valence-electron chi connectivity index (χ2n) is 4.57. The molecule has 0 aromatic heterocycles. The summed E-state index contributed by atoms with van der Waals surface area (Å²) in [6.45, 7) is 1.67. The molecule has 0 aliphatic carbocycles. The van der Waals surface area contributed by atoms with E-state index in [0.717, 1.165) is 5.56 Å². The van der Waals surface area contributed by atoms with E-state index in [9.17, 15) is 14.9 Å². The smallest absolute Gasteiger partial charge is 0.274 e. The number of non-ortho nitro benzene ring substituents is 1. The first-order chi connectivity index (χ1) is 10.4. The third kappa shape index (κ3) is 4.46. The Balaban J connectivity index is 2.03. The van der Waals surface area contributed by atoms with Crippen LogP contribution in [0.1, 0.15) is 12.5 Å². The van der Waals surface area contributed by atoms with Gasteiger partial charge in [0.2, 0.25) is 5.91 Å². The number of carbonyl (C=O) groups is 1. The number of hydrogen-bond acceptors (Lipinski definition) is 4. The van der Waals surface area contributed by atoms with Crippen molar-refractivity contribution in [1.82, 2.24) is 0 Å². The van der Waals surface area contributed by atoms with Gasteiger partial charge >= 0.3 is 0 Å². The average molecular weight is 321 g/mol. The standard InChI is InChI=1S/C15H13ClN2O4/c1-10(19)17-13-4-2-11(3-5-13)9-22-15-7-12(16)6-14(8-15)18(20)21/h2-8H,9H2,1H3,(H,17,19). The van der Waals surface area contributed by atoms with Crippen LogP contribution >= 0.6 is 11.6 Å². The number of benzene rings is 2. The summed E-state index contributed by atoms with van der Waals surface area (Å²) in [5, 5.41) is 13.7. The van der Waals surface area contributed by atoms with E-state index in [1.165, 1.54) is 25.1 Å². The first kappa shape index (κ1) is 15.8. The fourth-order valence-electron chi connectivity index (χ4n) is 1.79. The van der Waals surface area contributed by atoms with Gasteiger partial charge in [-0.15, -0.1) is 0 Å². The Morgan fingerprint density at radius 1 is 1.27 bits per heavy atom. The highest BCUT2D eigenvalue weighted by Gasteiger charge is 2.09. The van der Waals surface area contributed by atoms with Gasteiger partial charge in [-0.1, -0.05) is 23.7 Å². The maximum absolute atomic E-state index is 10.9. The monoisotopic (exact) mass is 320 g/mol. The first-order valence-electron chi connectivity index (χ1n) is 6.38. The van der Waals surface area contributed by atoms with Crippen molar-refractivity contribution in [3.63, 3.8) is 0 Å². The Kier molecular flexibility index (Phi) is 4.95. The highest BCUT2D eigenvalue weighted by atomic mass is 35.5. The molecule has 0 unspecified atom stereocenters. The Bertz CT molecular complexity index is 701. The van der Waals surface area contributed by atoms with E-state index < -0.39 is 4.92 Å². The molecule has 0 aliphatic rings. The number of anilines is 1. The molecular formula is C15H13ClN2O4. The Morgan fingerprint density at radius 3 is 2.55 bits per heavy atom. The molecule has 0 saturated carbocycles. The van der Waals surface area contributed by atoms with Crippen molar-refractivity contribution in [2.24, 2.45) is 0 Å². The molecule has 22 heavy (non-hydrogen) atoms. The van der Waals surface area contributed by atoms with E-state index in [2.05, 4.69) is 5.32 Å². The van der Waals surface area contributed by atoms with Crippen LogP contribution in [0.25, 0.3) is 0 Å². The minimum Gasteiger partial charge on any atom is -0.489 e. The molecule has 1 N–H and O–H groups in total. The number of amides is 1. The second kappa shape index (κ2) is 6.91. The van der Waals surface area contributed by atoms with Crippen molar-refractivity contribution >= 4 is 28.9 Å². The topological polar surface area (TPSA) is 81.5 Å². The molecule has 0 radical (unpaired) electrons. The zero-order chi connectivity index (χ0) is 16.1. The largest absolute Gasteiger partial charge is 0.489 e. The molecule has 114 valence electrons. The van der Waals surface area contributed by atoms with Crippen LogP contribution in [0, 0.1) is 10.1 Å². The number of nitrogens with zero attached hydrogens (tertiary/aromatic N) is 1. The van der Waals surface area contributed by atoms with Gasteiger partial charge in [0.25, 0.3) is 5.69 Å². The normalized spacial score (nSPS) is 10.1. The number of nitro benzene ring substituents is 1. The molecule has 0 bridgehead atoms. The quantitative estimate of drug-likeness (QED) is 0.671. The molecule has 0 heterocycles. The van der Waals surface area contributed by atoms with Crippen molar-refractivity contribution < 1.29 is 14.5 Å². The fraction of sp³-hybridized carbons (Fsp3) is 0.133. The Hall–Kier alpha value is -2.60. The van der Waals surface area contributed by atoms with Crippen molar-refractivity contribution in [3.8, 4) is 5.75 Å². The average Bonchev–Trinajstić information content (AvgIpc) is 2.45. The minimum atomic E-state index is -0.527. The summed E-state index contributed by atoms with van der Waals surface area (Å²) in [6.07, 6.45) is 0. The number of nitro groups is 1. The molecule has 1 amide bonds. The summed E-state index contributed by atoms with van der Waals surface area (Å²) in [4.78, 5) is 21.2. The molecule has 0 aliphatic heterocycles. The van der Waals surface area contributed by atoms with Gasteiger partial charge in [0, 0.05) is 18.7 Å². The van der Waals surface area contributed by atoms with Crippen LogP contribution in [0.4, 0.5) is 11.4 Å². The summed E-state index contributed by atoms with van der Waals surface area (Å²) >= 11 is 5.82. The van der Waals surface area contributed by atoms with Crippen LogP contribution in [0.3, 0.4) is 0 Å². The van der Waals surface area contributed by atoms with Crippen molar-refractivity contribution in [3.05, 3.63) is 63.2 Å². The van der Waals surface area contributed by atoms with E-state index in [4.69, 9.17) is 16.3 Å². The number of carbonyl (C=O) groups excluding carboxylic acids is 1. The Labute approximate surface area is 131 Å². The van der Waals surface area contributed by atoms with Crippen molar-refractivity contribution in [1.29, 1.82) is 0 Å². The fourth-order valence-corrected chi connectivity index (χ4v) is 2.01. The third-order valence-electron chi connectivity index (χ3n) is 2.75. The van der Waals surface area contributed by atoms with Gasteiger partial charge in [0.15, 0.2) is 0 Å².